The lowest BCUT2D eigenvalue weighted by Gasteiger charge is -2.34. The maximum atomic E-state index is 9.23. The molecule has 1 heterocycles. The van der Waals surface area contributed by atoms with Crippen molar-refractivity contribution < 1.29 is 9.84 Å². The van der Waals surface area contributed by atoms with Crippen molar-refractivity contribution in [3.8, 4) is 5.75 Å². The number of benzene rings is 1. The third-order valence-corrected chi connectivity index (χ3v) is 3.35. The van der Waals surface area contributed by atoms with Crippen molar-refractivity contribution in [1.29, 1.82) is 0 Å². The van der Waals surface area contributed by atoms with Crippen LogP contribution in [0.1, 0.15) is 12.8 Å². The lowest BCUT2D eigenvalue weighted by atomic mass is 9.98. The highest BCUT2D eigenvalue weighted by atomic mass is 16.5. The van der Waals surface area contributed by atoms with Gasteiger partial charge in [0, 0.05) is 25.8 Å². The molecule has 1 aromatic rings. The summed E-state index contributed by atoms with van der Waals surface area (Å²) in [7, 11) is 1.64. The van der Waals surface area contributed by atoms with Crippen molar-refractivity contribution in [2.75, 3.05) is 37.4 Å². The molecule has 3 N–H and O–H groups in total. The molecule has 0 radical (unpaired) electrons. The highest BCUT2D eigenvalue weighted by Crippen LogP contribution is 2.30. The van der Waals surface area contributed by atoms with E-state index in [0.717, 1.165) is 43.1 Å². The number of methoxy groups -OCH3 is 1. The molecule has 0 aromatic heterocycles. The lowest BCUT2D eigenvalue weighted by Crippen LogP contribution is -2.37. The fourth-order valence-corrected chi connectivity index (χ4v) is 2.38. The summed E-state index contributed by atoms with van der Waals surface area (Å²) < 4.78 is 5.14. The van der Waals surface area contributed by atoms with E-state index in [1.54, 1.807) is 7.11 Å². The third kappa shape index (κ3) is 2.64. The van der Waals surface area contributed by atoms with E-state index in [2.05, 4.69) is 4.90 Å². The Balaban J connectivity index is 2.16. The standard InChI is InChI=1S/C13H20N2O2/c1-17-11-4-5-13(12(14)7-11)15-6-2-3-10(8-15)9-16/h4-5,7,10,16H,2-3,6,8-9,14H2,1H3. The molecule has 1 aliphatic rings. The van der Waals surface area contributed by atoms with Gasteiger partial charge in [-0.1, -0.05) is 0 Å². The second kappa shape index (κ2) is 5.27. The number of rotatable bonds is 3. The largest absolute Gasteiger partial charge is 0.497 e. The van der Waals surface area contributed by atoms with Crippen molar-refractivity contribution >= 4 is 11.4 Å². The van der Waals surface area contributed by atoms with Gasteiger partial charge in [0.25, 0.3) is 0 Å². The molecular weight excluding hydrogens is 216 g/mol. The first kappa shape index (κ1) is 12.0. The first-order valence-electron chi connectivity index (χ1n) is 6.04. The van der Waals surface area contributed by atoms with Gasteiger partial charge < -0.3 is 20.5 Å². The van der Waals surface area contributed by atoms with Crippen LogP contribution in [-0.4, -0.2) is 31.9 Å². The number of anilines is 2. The van der Waals surface area contributed by atoms with Gasteiger partial charge in [0.1, 0.15) is 5.75 Å². The van der Waals surface area contributed by atoms with Crippen molar-refractivity contribution in [2.45, 2.75) is 12.8 Å². The minimum Gasteiger partial charge on any atom is -0.497 e. The van der Waals surface area contributed by atoms with Gasteiger partial charge in [-0.05, 0) is 30.9 Å². The second-order valence-corrected chi connectivity index (χ2v) is 4.56. The van der Waals surface area contributed by atoms with Crippen LogP contribution in [0.25, 0.3) is 0 Å². The van der Waals surface area contributed by atoms with E-state index in [9.17, 15) is 5.11 Å². The highest BCUT2D eigenvalue weighted by molar-refractivity contribution is 5.69. The van der Waals surface area contributed by atoms with Crippen LogP contribution in [0.5, 0.6) is 5.75 Å². The molecule has 4 heteroatoms. The Bertz CT molecular complexity index is 382. The summed E-state index contributed by atoms with van der Waals surface area (Å²) in [5, 5.41) is 9.23. The topological polar surface area (TPSA) is 58.7 Å². The van der Waals surface area contributed by atoms with Crippen LogP contribution in [0.3, 0.4) is 0 Å². The molecule has 94 valence electrons. The first-order valence-corrected chi connectivity index (χ1v) is 6.04. The first-order chi connectivity index (χ1) is 8.24. The van der Waals surface area contributed by atoms with Crippen LogP contribution in [0.4, 0.5) is 11.4 Å². The van der Waals surface area contributed by atoms with Gasteiger partial charge in [0.2, 0.25) is 0 Å². The number of aliphatic hydroxyl groups is 1. The Labute approximate surface area is 102 Å². The molecule has 17 heavy (non-hydrogen) atoms. The third-order valence-electron chi connectivity index (χ3n) is 3.35. The molecule has 0 saturated carbocycles. The number of nitrogens with zero attached hydrogens (tertiary/aromatic N) is 1. The molecule has 1 aliphatic heterocycles. The number of hydrogen-bond donors (Lipinski definition) is 2. The van der Waals surface area contributed by atoms with Gasteiger partial charge >= 0.3 is 0 Å². The molecule has 0 aliphatic carbocycles. The molecular formula is C13H20N2O2. The number of hydrogen-bond acceptors (Lipinski definition) is 4. The molecule has 2 rings (SSSR count). The fraction of sp³-hybridized carbons (Fsp3) is 0.538. The number of ether oxygens (including phenoxy) is 1. The van der Waals surface area contributed by atoms with Crippen LogP contribution in [0, 0.1) is 5.92 Å². The Kier molecular flexibility index (Phi) is 3.74. The van der Waals surface area contributed by atoms with Crippen LogP contribution >= 0.6 is 0 Å². The number of piperidine rings is 1. The zero-order chi connectivity index (χ0) is 12.3. The molecule has 1 unspecified atom stereocenters. The Morgan fingerprint density at radius 1 is 1.53 bits per heavy atom. The zero-order valence-corrected chi connectivity index (χ0v) is 10.2. The van der Waals surface area contributed by atoms with Gasteiger partial charge in [0.15, 0.2) is 0 Å². The summed E-state index contributed by atoms with van der Waals surface area (Å²) in [6.45, 7) is 2.15. The average molecular weight is 236 g/mol. The SMILES string of the molecule is COc1ccc(N2CCCC(CO)C2)c(N)c1. The predicted molar refractivity (Wildman–Crippen MR) is 69.4 cm³/mol. The van der Waals surface area contributed by atoms with Crippen LogP contribution in [0.15, 0.2) is 18.2 Å². The van der Waals surface area contributed by atoms with E-state index in [4.69, 9.17) is 10.5 Å². The van der Waals surface area contributed by atoms with Crippen LogP contribution < -0.4 is 15.4 Å². The molecule has 0 spiro atoms. The smallest absolute Gasteiger partial charge is 0.121 e. The highest BCUT2D eigenvalue weighted by Gasteiger charge is 2.20. The fourth-order valence-electron chi connectivity index (χ4n) is 2.38. The quantitative estimate of drug-likeness (QED) is 0.781. The maximum absolute atomic E-state index is 9.23. The van der Waals surface area contributed by atoms with Crippen LogP contribution in [-0.2, 0) is 0 Å². The van der Waals surface area contributed by atoms with E-state index in [-0.39, 0.29) is 6.61 Å². The molecule has 1 atom stereocenters. The van der Waals surface area contributed by atoms with Crippen molar-refractivity contribution in [3.05, 3.63) is 18.2 Å². The Morgan fingerprint density at radius 2 is 2.35 bits per heavy atom. The van der Waals surface area contributed by atoms with Crippen molar-refractivity contribution in [2.24, 2.45) is 5.92 Å². The summed E-state index contributed by atoms with van der Waals surface area (Å²) in [6.07, 6.45) is 2.21. The summed E-state index contributed by atoms with van der Waals surface area (Å²) >= 11 is 0. The maximum Gasteiger partial charge on any atom is 0.121 e. The zero-order valence-electron chi connectivity index (χ0n) is 10.2. The average Bonchev–Trinajstić information content (AvgIpc) is 2.38. The van der Waals surface area contributed by atoms with Crippen molar-refractivity contribution in [1.82, 2.24) is 0 Å². The molecule has 1 aromatic carbocycles. The van der Waals surface area contributed by atoms with Gasteiger partial charge in [0.05, 0.1) is 18.5 Å². The molecule has 1 fully saturated rings. The van der Waals surface area contributed by atoms with Gasteiger partial charge in [-0.3, -0.25) is 0 Å². The van der Waals surface area contributed by atoms with E-state index in [1.807, 2.05) is 18.2 Å². The molecule has 4 nitrogen and oxygen atoms in total. The lowest BCUT2D eigenvalue weighted by molar-refractivity contribution is 0.209. The van der Waals surface area contributed by atoms with Gasteiger partial charge in [-0.15, -0.1) is 0 Å². The summed E-state index contributed by atoms with van der Waals surface area (Å²) in [6, 6.07) is 5.76. The summed E-state index contributed by atoms with van der Waals surface area (Å²) in [5.74, 6) is 1.15. The monoisotopic (exact) mass is 236 g/mol. The van der Waals surface area contributed by atoms with Crippen LogP contribution in [0.2, 0.25) is 0 Å². The van der Waals surface area contributed by atoms with Crippen molar-refractivity contribution in [3.63, 3.8) is 0 Å². The number of nitrogen functional groups attached to an aromatic ring is 1. The molecule has 0 amide bonds. The Morgan fingerprint density at radius 3 is 3.00 bits per heavy atom. The Hall–Kier alpha value is -1.42. The molecule has 1 saturated heterocycles. The van der Waals surface area contributed by atoms with E-state index < -0.39 is 0 Å². The number of aliphatic hydroxyl groups excluding tert-OH is 1. The van der Waals surface area contributed by atoms with E-state index in [1.165, 1.54) is 0 Å². The molecule has 0 bridgehead atoms. The van der Waals surface area contributed by atoms with Gasteiger partial charge in [-0.2, -0.15) is 0 Å². The minimum absolute atomic E-state index is 0.257. The summed E-state index contributed by atoms with van der Waals surface area (Å²) in [4.78, 5) is 2.25. The normalized spacial score (nSPS) is 20.4. The minimum atomic E-state index is 0.257. The second-order valence-electron chi connectivity index (χ2n) is 4.56. The van der Waals surface area contributed by atoms with Gasteiger partial charge in [-0.25, -0.2) is 0 Å². The summed E-state index contributed by atoms with van der Waals surface area (Å²) in [5.41, 5.74) is 7.81. The number of nitrogens with two attached hydrogens (primary N) is 1. The predicted octanol–water partition coefficient (Wildman–Crippen LogP) is 1.49. The van der Waals surface area contributed by atoms with E-state index >= 15 is 0 Å². The van der Waals surface area contributed by atoms with E-state index in [0.29, 0.717) is 5.92 Å².